The lowest BCUT2D eigenvalue weighted by molar-refractivity contribution is -0.385. The van der Waals surface area contributed by atoms with E-state index in [-0.39, 0.29) is 5.69 Å². The van der Waals surface area contributed by atoms with Crippen molar-refractivity contribution in [2.24, 2.45) is 0 Å². The molecule has 0 atom stereocenters. The van der Waals surface area contributed by atoms with Gasteiger partial charge in [0.05, 0.1) is 18.1 Å². The molecule has 1 N–H and O–H groups in total. The van der Waals surface area contributed by atoms with E-state index in [1.54, 1.807) is 12.1 Å². The summed E-state index contributed by atoms with van der Waals surface area (Å²) in [6.45, 7) is 3.41. The molecule has 5 nitrogen and oxygen atoms in total. The van der Waals surface area contributed by atoms with Crippen molar-refractivity contribution in [3.63, 3.8) is 0 Å². The van der Waals surface area contributed by atoms with Crippen LogP contribution in [-0.4, -0.2) is 18.6 Å². The van der Waals surface area contributed by atoms with Gasteiger partial charge < -0.3 is 10.1 Å². The molecule has 5 heteroatoms. The van der Waals surface area contributed by atoms with E-state index in [0.717, 1.165) is 18.5 Å². The maximum Gasteiger partial charge on any atom is 0.273 e. The van der Waals surface area contributed by atoms with Crippen molar-refractivity contribution in [3.05, 3.63) is 46.0 Å². The van der Waals surface area contributed by atoms with Crippen LogP contribution in [0.3, 0.4) is 0 Å². The van der Waals surface area contributed by atoms with E-state index in [9.17, 15) is 10.1 Å². The maximum atomic E-state index is 10.8. The number of methoxy groups -OCH3 is 1. The van der Waals surface area contributed by atoms with Crippen molar-refractivity contribution in [1.82, 2.24) is 5.32 Å². The molecule has 0 unspecified atom stereocenters. The van der Waals surface area contributed by atoms with Gasteiger partial charge in [-0.1, -0.05) is 12.2 Å². The fourth-order valence-electron chi connectivity index (χ4n) is 1.55. The average molecular weight is 250 g/mol. The Kier molecular flexibility index (Phi) is 5.87. The minimum absolute atomic E-state index is 0.0552. The zero-order valence-electron chi connectivity index (χ0n) is 10.7. The van der Waals surface area contributed by atoms with Crippen LogP contribution in [-0.2, 0) is 6.54 Å². The Labute approximate surface area is 107 Å². The highest BCUT2D eigenvalue weighted by atomic mass is 16.6. The van der Waals surface area contributed by atoms with Crippen LogP contribution >= 0.6 is 0 Å². The number of hydrogen-bond donors (Lipinski definition) is 1. The van der Waals surface area contributed by atoms with Crippen molar-refractivity contribution in [3.8, 4) is 5.75 Å². The van der Waals surface area contributed by atoms with E-state index in [2.05, 4.69) is 11.4 Å². The number of hydrogen-bond acceptors (Lipinski definition) is 4. The molecular formula is C13H18N2O3. The number of non-ortho nitro benzene ring substituents is 1. The van der Waals surface area contributed by atoms with Gasteiger partial charge in [0.1, 0.15) is 5.75 Å². The second kappa shape index (κ2) is 7.45. The van der Waals surface area contributed by atoms with Crippen molar-refractivity contribution < 1.29 is 9.66 Å². The summed E-state index contributed by atoms with van der Waals surface area (Å²) in [6, 6.07) is 4.78. The molecule has 0 aromatic heterocycles. The van der Waals surface area contributed by atoms with Crippen molar-refractivity contribution in [2.45, 2.75) is 19.9 Å². The van der Waals surface area contributed by atoms with Crippen LogP contribution in [0.4, 0.5) is 5.69 Å². The summed E-state index contributed by atoms with van der Waals surface area (Å²) in [6.07, 6.45) is 5.02. The summed E-state index contributed by atoms with van der Waals surface area (Å²) in [4.78, 5) is 10.3. The zero-order chi connectivity index (χ0) is 13.4. The number of nitro benzene ring substituents is 1. The largest absolute Gasteiger partial charge is 0.496 e. The van der Waals surface area contributed by atoms with Crippen molar-refractivity contribution >= 4 is 5.69 Å². The van der Waals surface area contributed by atoms with Gasteiger partial charge in [-0.3, -0.25) is 10.1 Å². The molecule has 0 aliphatic heterocycles. The minimum atomic E-state index is -0.411. The van der Waals surface area contributed by atoms with Crippen LogP contribution in [0.5, 0.6) is 5.75 Å². The smallest absolute Gasteiger partial charge is 0.273 e. The van der Waals surface area contributed by atoms with Crippen molar-refractivity contribution in [2.75, 3.05) is 13.7 Å². The van der Waals surface area contributed by atoms with Crippen LogP contribution in [0, 0.1) is 10.1 Å². The van der Waals surface area contributed by atoms with E-state index in [4.69, 9.17) is 4.74 Å². The maximum absolute atomic E-state index is 10.8. The number of allylic oxidation sites excluding steroid dienone is 1. The molecule has 0 saturated carbocycles. The van der Waals surface area contributed by atoms with Gasteiger partial charge in [0.25, 0.3) is 5.69 Å². The summed E-state index contributed by atoms with van der Waals surface area (Å²) >= 11 is 0. The SMILES string of the molecule is C/C=C/CCNCc1cc(OC)cc([N+](=O)[O-])c1. The van der Waals surface area contributed by atoms with Gasteiger partial charge in [-0.15, -0.1) is 0 Å². The van der Waals surface area contributed by atoms with Crippen molar-refractivity contribution in [1.29, 1.82) is 0 Å². The molecule has 1 aromatic carbocycles. The molecule has 1 aromatic rings. The van der Waals surface area contributed by atoms with Gasteiger partial charge in [-0.05, 0) is 31.5 Å². The first-order valence-electron chi connectivity index (χ1n) is 5.81. The third kappa shape index (κ3) is 4.55. The summed E-state index contributed by atoms with van der Waals surface area (Å²) in [5.41, 5.74) is 0.904. The van der Waals surface area contributed by atoms with Gasteiger partial charge in [0.2, 0.25) is 0 Å². The highest BCUT2D eigenvalue weighted by Crippen LogP contribution is 2.22. The molecule has 0 aliphatic rings. The average Bonchev–Trinajstić information content (AvgIpc) is 2.38. The fraction of sp³-hybridized carbons (Fsp3) is 0.385. The molecule has 0 bridgehead atoms. The zero-order valence-corrected chi connectivity index (χ0v) is 10.7. The molecule has 0 heterocycles. The molecule has 0 spiro atoms. The van der Waals surface area contributed by atoms with Gasteiger partial charge in [-0.25, -0.2) is 0 Å². The summed E-state index contributed by atoms with van der Waals surface area (Å²) in [5, 5.41) is 14.0. The summed E-state index contributed by atoms with van der Waals surface area (Å²) in [7, 11) is 1.50. The Morgan fingerprint density at radius 3 is 2.83 bits per heavy atom. The highest BCUT2D eigenvalue weighted by Gasteiger charge is 2.09. The van der Waals surface area contributed by atoms with Gasteiger partial charge in [-0.2, -0.15) is 0 Å². The van der Waals surface area contributed by atoms with E-state index in [1.165, 1.54) is 13.2 Å². The van der Waals surface area contributed by atoms with E-state index >= 15 is 0 Å². The lowest BCUT2D eigenvalue weighted by Crippen LogP contribution is -2.14. The number of rotatable bonds is 7. The second-order valence-electron chi connectivity index (χ2n) is 3.83. The third-order valence-electron chi connectivity index (χ3n) is 2.45. The minimum Gasteiger partial charge on any atom is -0.496 e. The number of ether oxygens (including phenoxy) is 1. The second-order valence-corrected chi connectivity index (χ2v) is 3.83. The lowest BCUT2D eigenvalue weighted by Gasteiger charge is -2.06. The van der Waals surface area contributed by atoms with E-state index < -0.39 is 4.92 Å². The molecule has 0 fully saturated rings. The van der Waals surface area contributed by atoms with Gasteiger partial charge >= 0.3 is 0 Å². The Balaban J connectivity index is 2.64. The van der Waals surface area contributed by atoms with E-state index in [0.29, 0.717) is 12.3 Å². The molecule has 18 heavy (non-hydrogen) atoms. The van der Waals surface area contributed by atoms with E-state index in [1.807, 2.05) is 13.0 Å². The number of nitrogens with one attached hydrogen (secondary N) is 1. The van der Waals surface area contributed by atoms with Crippen LogP contribution in [0.15, 0.2) is 30.4 Å². The van der Waals surface area contributed by atoms with Gasteiger partial charge in [0.15, 0.2) is 0 Å². The standard InChI is InChI=1S/C13H18N2O3/c1-3-4-5-6-14-10-11-7-12(15(16)17)9-13(8-11)18-2/h3-4,7-9,14H,5-6,10H2,1-2H3/b4-3+. The summed E-state index contributed by atoms with van der Waals surface area (Å²) < 4.78 is 5.05. The Bertz CT molecular complexity index is 430. The lowest BCUT2D eigenvalue weighted by atomic mass is 10.2. The van der Waals surface area contributed by atoms with Crippen LogP contribution < -0.4 is 10.1 Å². The van der Waals surface area contributed by atoms with Gasteiger partial charge in [0, 0.05) is 12.6 Å². The number of nitrogens with zero attached hydrogens (tertiary/aromatic N) is 1. The predicted octanol–water partition coefficient (Wildman–Crippen LogP) is 2.66. The highest BCUT2D eigenvalue weighted by molar-refractivity contribution is 5.42. The number of benzene rings is 1. The molecule has 1 rings (SSSR count). The molecule has 0 amide bonds. The topological polar surface area (TPSA) is 64.4 Å². The number of nitro groups is 1. The van der Waals surface area contributed by atoms with Crippen LogP contribution in [0.25, 0.3) is 0 Å². The van der Waals surface area contributed by atoms with Crippen LogP contribution in [0.2, 0.25) is 0 Å². The Morgan fingerprint density at radius 2 is 2.22 bits per heavy atom. The third-order valence-corrected chi connectivity index (χ3v) is 2.45. The molecule has 0 aliphatic carbocycles. The first-order chi connectivity index (χ1) is 8.67. The fourth-order valence-corrected chi connectivity index (χ4v) is 1.55. The molecule has 98 valence electrons. The quantitative estimate of drug-likeness (QED) is 0.350. The monoisotopic (exact) mass is 250 g/mol. The Morgan fingerprint density at radius 1 is 1.44 bits per heavy atom. The first-order valence-corrected chi connectivity index (χ1v) is 5.81. The van der Waals surface area contributed by atoms with Crippen LogP contribution in [0.1, 0.15) is 18.9 Å². The summed E-state index contributed by atoms with van der Waals surface area (Å²) in [5.74, 6) is 0.509. The molecule has 0 radical (unpaired) electrons. The Hall–Kier alpha value is -1.88. The normalized spacial score (nSPS) is 10.8. The molecular weight excluding hydrogens is 232 g/mol. The first kappa shape index (κ1) is 14.2. The molecule has 0 saturated heterocycles. The predicted molar refractivity (Wildman–Crippen MR) is 70.8 cm³/mol.